The first-order valence-corrected chi connectivity index (χ1v) is 6.92. The van der Waals surface area contributed by atoms with Crippen LogP contribution in [0.5, 0.6) is 0 Å². The fraction of sp³-hybridized carbons (Fsp3) is 1.00. The smallest absolute Gasteiger partial charge is 0.0693 e. The molecule has 94 valence electrons. The molecule has 2 saturated carbocycles. The van der Waals surface area contributed by atoms with Gasteiger partial charge in [-0.1, -0.05) is 20.8 Å². The zero-order valence-electron chi connectivity index (χ0n) is 11.0. The second-order valence-corrected chi connectivity index (χ2v) is 6.76. The van der Waals surface area contributed by atoms with Gasteiger partial charge in [0.1, 0.15) is 0 Å². The van der Waals surface area contributed by atoms with Gasteiger partial charge >= 0.3 is 0 Å². The van der Waals surface area contributed by atoms with Crippen molar-refractivity contribution in [2.75, 3.05) is 0 Å². The van der Waals surface area contributed by atoms with Gasteiger partial charge in [-0.15, -0.1) is 0 Å². The average molecular weight is 225 g/mol. The fourth-order valence-electron chi connectivity index (χ4n) is 3.60. The van der Waals surface area contributed by atoms with E-state index in [0.717, 1.165) is 18.8 Å². The molecule has 4 unspecified atom stereocenters. The van der Waals surface area contributed by atoms with E-state index in [2.05, 4.69) is 26.1 Å². The number of aliphatic hydroxyl groups is 1. The number of aliphatic hydroxyl groups excluding tert-OH is 1. The first-order chi connectivity index (χ1) is 7.48. The van der Waals surface area contributed by atoms with Gasteiger partial charge in [0.25, 0.3) is 0 Å². The minimum absolute atomic E-state index is 0.0952. The van der Waals surface area contributed by atoms with E-state index in [-0.39, 0.29) is 6.10 Å². The first-order valence-electron chi connectivity index (χ1n) is 6.92. The van der Waals surface area contributed by atoms with Crippen LogP contribution in [0.4, 0.5) is 0 Å². The van der Waals surface area contributed by atoms with Crippen molar-refractivity contribution < 1.29 is 5.11 Å². The molecular weight excluding hydrogens is 198 g/mol. The highest BCUT2D eigenvalue weighted by atomic mass is 16.3. The number of rotatable bonds is 2. The van der Waals surface area contributed by atoms with Gasteiger partial charge in [-0.05, 0) is 49.9 Å². The van der Waals surface area contributed by atoms with E-state index in [1.807, 2.05) is 0 Å². The van der Waals surface area contributed by atoms with E-state index in [1.54, 1.807) is 0 Å². The summed E-state index contributed by atoms with van der Waals surface area (Å²) in [5.74, 6) is 0.747. The Morgan fingerprint density at radius 1 is 1.12 bits per heavy atom. The molecule has 2 aliphatic carbocycles. The summed E-state index contributed by atoms with van der Waals surface area (Å²) in [6.45, 7) is 7.12. The Morgan fingerprint density at radius 2 is 1.88 bits per heavy atom. The van der Waals surface area contributed by atoms with Crippen molar-refractivity contribution in [1.29, 1.82) is 0 Å². The van der Waals surface area contributed by atoms with E-state index in [1.165, 1.54) is 25.7 Å². The molecule has 2 rings (SSSR count). The lowest BCUT2D eigenvalue weighted by molar-refractivity contribution is 0.104. The molecule has 2 fully saturated rings. The highest BCUT2D eigenvalue weighted by molar-refractivity contribution is 4.91. The number of hydrogen-bond donors (Lipinski definition) is 2. The molecule has 0 heterocycles. The molecule has 16 heavy (non-hydrogen) atoms. The van der Waals surface area contributed by atoms with Crippen LogP contribution in [0.15, 0.2) is 0 Å². The highest BCUT2D eigenvalue weighted by Gasteiger charge is 2.35. The molecule has 0 aliphatic heterocycles. The van der Waals surface area contributed by atoms with Crippen molar-refractivity contribution in [3.63, 3.8) is 0 Å². The van der Waals surface area contributed by atoms with Crippen molar-refractivity contribution in [2.24, 2.45) is 11.3 Å². The summed E-state index contributed by atoms with van der Waals surface area (Å²) in [6, 6.07) is 0.999. The maximum Gasteiger partial charge on any atom is 0.0693 e. The highest BCUT2D eigenvalue weighted by Crippen LogP contribution is 2.39. The summed E-state index contributed by atoms with van der Waals surface area (Å²) in [4.78, 5) is 0. The van der Waals surface area contributed by atoms with E-state index < -0.39 is 0 Å². The van der Waals surface area contributed by atoms with Gasteiger partial charge in [-0.3, -0.25) is 0 Å². The maximum atomic E-state index is 9.85. The summed E-state index contributed by atoms with van der Waals surface area (Å²) < 4.78 is 0. The molecule has 0 spiro atoms. The number of nitrogens with one attached hydrogen (secondary N) is 1. The minimum atomic E-state index is -0.0952. The van der Waals surface area contributed by atoms with Crippen LogP contribution in [0, 0.1) is 11.3 Å². The van der Waals surface area contributed by atoms with Gasteiger partial charge in [0, 0.05) is 12.1 Å². The Balaban J connectivity index is 1.86. The molecule has 0 aromatic heterocycles. The van der Waals surface area contributed by atoms with Crippen LogP contribution in [0.25, 0.3) is 0 Å². The average Bonchev–Trinajstić information content (AvgIpc) is 2.56. The molecule has 4 atom stereocenters. The van der Waals surface area contributed by atoms with Crippen molar-refractivity contribution in [1.82, 2.24) is 5.32 Å². The van der Waals surface area contributed by atoms with E-state index in [4.69, 9.17) is 0 Å². The molecule has 0 amide bonds. The molecule has 0 bridgehead atoms. The lowest BCUT2D eigenvalue weighted by Crippen LogP contribution is -2.48. The summed E-state index contributed by atoms with van der Waals surface area (Å²) in [5.41, 5.74) is 0.520. The van der Waals surface area contributed by atoms with E-state index in [9.17, 15) is 5.11 Å². The predicted octanol–water partition coefficient (Wildman–Crippen LogP) is 2.70. The molecule has 0 aromatic rings. The largest absolute Gasteiger partial charge is 0.392 e. The molecule has 0 aromatic carbocycles. The van der Waals surface area contributed by atoms with Crippen LogP contribution in [0.1, 0.15) is 59.3 Å². The third-order valence-electron chi connectivity index (χ3n) is 4.60. The lowest BCUT2D eigenvalue weighted by atomic mass is 9.70. The van der Waals surface area contributed by atoms with Crippen molar-refractivity contribution in [3.8, 4) is 0 Å². The standard InChI is InChI=1S/C14H27NO/c1-10-9-14(2,3)8-7-11(10)15-12-5-4-6-13(12)16/h10-13,15-16H,4-9H2,1-3H3. The summed E-state index contributed by atoms with van der Waals surface area (Å²) in [6.07, 6.45) is 7.15. The van der Waals surface area contributed by atoms with Gasteiger partial charge in [-0.25, -0.2) is 0 Å². The minimum Gasteiger partial charge on any atom is -0.392 e. The van der Waals surface area contributed by atoms with Crippen molar-refractivity contribution in [2.45, 2.75) is 77.5 Å². The summed E-state index contributed by atoms with van der Waals surface area (Å²) >= 11 is 0. The zero-order valence-corrected chi connectivity index (χ0v) is 11.0. The van der Waals surface area contributed by atoms with Crippen LogP contribution in [-0.2, 0) is 0 Å². The Hall–Kier alpha value is -0.0800. The molecule has 2 N–H and O–H groups in total. The van der Waals surface area contributed by atoms with Gasteiger partial charge in [0.2, 0.25) is 0 Å². The summed E-state index contributed by atoms with van der Waals surface area (Å²) in [7, 11) is 0. The van der Waals surface area contributed by atoms with Gasteiger partial charge in [-0.2, -0.15) is 0 Å². The molecular formula is C14H27NO. The molecule has 2 aliphatic rings. The third-order valence-corrected chi connectivity index (χ3v) is 4.60. The fourth-order valence-corrected chi connectivity index (χ4v) is 3.60. The lowest BCUT2D eigenvalue weighted by Gasteiger charge is -2.41. The van der Waals surface area contributed by atoms with Gasteiger partial charge in [0.05, 0.1) is 6.10 Å². The monoisotopic (exact) mass is 225 g/mol. The van der Waals surface area contributed by atoms with Crippen LogP contribution in [0.2, 0.25) is 0 Å². The Labute approximate surface area is 99.8 Å². The molecule has 2 heteroatoms. The second kappa shape index (κ2) is 4.66. The Bertz CT molecular complexity index is 239. The predicted molar refractivity (Wildman–Crippen MR) is 67.4 cm³/mol. The van der Waals surface area contributed by atoms with Gasteiger partial charge < -0.3 is 10.4 Å². The molecule has 0 saturated heterocycles. The topological polar surface area (TPSA) is 32.3 Å². The number of hydrogen-bond acceptors (Lipinski definition) is 2. The second-order valence-electron chi connectivity index (χ2n) is 6.76. The van der Waals surface area contributed by atoms with E-state index in [0.29, 0.717) is 17.5 Å². The zero-order chi connectivity index (χ0) is 11.8. The SMILES string of the molecule is CC1CC(C)(C)CCC1NC1CCCC1O. The van der Waals surface area contributed by atoms with Crippen LogP contribution in [-0.4, -0.2) is 23.3 Å². The Morgan fingerprint density at radius 3 is 2.44 bits per heavy atom. The Kier molecular flexibility index (Phi) is 3.60. The van der Waals surface area contributed by atoms with Crippen LogP contribution in [0.3, 0.4) is 0 Å². The molecule has 2 nitrogen and oxygen atoms in total. The van der Waals surface area contributed by atoms with E-state index >= 15 is 0 Å². The summed E-state index contributed by atoms with van der Waals surface area (Å²) in [5, 5.41) is 13.6. The normalized spacial score (nSPS) is 43.5. The third kappa shape index (κ3) is 2.78. The quantitative estimate of drug-likeness (QED) is 0.757. The van der Waals surface area contributed by atoms with Crippen LogP contribution < -0.4 is 5.32 Å². The van der Waals surface area contributed by atoms with Crippen molar-refractivity contribution in [3.05, 3.63) is 0 Å². The van der Waals surface area contributed by atoms with Gasteiger partial charge in [0.15, 0.2) is 0 Å². The van der Waals surface area contributed by atoms with Crippen LogP contribution >= 0.6 is 0 Å². The first kappa shape index (κ1) is 12.4. The molecule has 0 radical (unpaired) electrons. The maximum absolute atomic E-state index is 9.85. The van der Waals surface area contributed by atoms with Crippen molar-refractivity contribution >= 4 is 0 Å².